The molecule has 27 heavy (non-hydrogen) atoms. The van der Waals surface area contributed by atoms with Gasteiger partial charge in [-0.25, -0.2) is 0 Å². The third kappa shape index (κ3) is 4.48. The molecule has 3 rings (SSSR count). The quantitative estimate of drug-likeness (QED) is 0.645. The number of carbonyl (C=O) groups is 1. The van der Waals surface area contributed by atoms with E-state index in [0.717, 1.165) is 29.7 Å². The number of ether oxygens (including phenoxy) is 1. The van der Waals surface area contributed by atoms with Crippen molar-refractivity contribution in [1.29, 1.82) is 0 Å². The number of nitrogens with zero attached hydrogens (tertiary/aromatic N) is 2. The standard InChI is InChI=1S/C22H26N2O2S/c1-3-4-14-23-21(25)20(15-17-8-6-5-7-9-17)24(22(23)27)16-18-10-12-19(26-2)13-11-18/h5-13,20H,3-4,14-16H2,1-2H3/t20-/m0/s1. The van der Waals surface area contributed by atoms with Crippen LogP contribution in [0.5, 0.6) is 5.75 Å². The van der Waals surface area contributed by atoms with Gasteiger partial charge < -0.3 is 9.64 Å². The number of thiocarbonyl (C=S) groups is 1. The molecule has 0 aliphatic carbocycles. The van der Waals surface area contributed by atoms with Crippen LogP contribution in [-0.2, 0) is 17.8 Å². The van der Waals surface area contributed by atoms with Crippen LogP contribution in [-0.4, -0.2) is 40.5 Å². The van der Waals surface area contributed by atoms with Gasteiger partial charge in [-0.1, -0.05) is 55.8 Å². The summed E-state index contributed by atoms with van der Waals surface area (Å²) in [5.41, 5.74) is 2.26. The van der Waals surface area contributed by atoms with Crippen LogP contribution in [0.2, 0.25) is 0 Å². The average molecular weight is 383 g/mol. The Balaban J connectivity index is 1.83. The third-order valence-corrected chi connectivity index (χ3v) is 5.38. The number of rotatable bonds is 8. The number of hydrogen-bond acceptors (Lipinski definition) is 3. The van der Waals surface area contributed by atoms with Crippen molar-refractivity contribution in [3.05, 3.63) is 65.7 Å². The molecule has 1 fully saturated rings. The van der Waals surface area contributed by atoms with E-state index in [0.29, 0.717) is 24.6 Å². The Morgan fingerprint density at radius 1 is 1.04 bits per heavy atom. The monoisotopic (exact) mass is 382 g/mol. The molecular formula is C22H26N2O2S. The van der Waals surface area contributed by atoms with Crippen LogP contribution < -0.4 is 4.74 Å². The summed E-state index contributed by atoms with van der Waals surface area (Å²) in [7, 11) is 1.66. The maximum atomic E-state index is 13.1. The van der Waals surface area contributed by atoms with E-state index in [9.17, 15) is 4.79 Å². The van der Waals surface area contributed by atoms with Crippen LogP contribution in [0.4, 0.5) is 0 Å². The Bertz CT molecular complexity index is 777. The van der Waals surface area contributed by atoms with E-state index in [-0.39, 0.29) is 11.9 Å². The van der Waals surface area contributed by atoms with E-state index >= 15 is 0 Å². The summed E-state index contributed by atoms with van der Waals surface area (Å²) < 4.78 is 5.24. The van der Waals surface area contributed by atoms with Gasteiger partial charge in [0, 0.05) is 19.5 Å². The molecular weight excluding hydrogens is 356 g/mol. The molecule has 0 unspecified atom stereocenters. The second-order valence-electron chi connectivity index (χ2n) is 6.81. The van der Waals surface area contributed by atoms with Crippen molar-refractivity contribution in [2.45, 2.75) is 38.8 Å². The van der Waals surface area contributed by atoms with E-state index in [2.05, 4.69) is 24.0 Å². The molecule has 1 saturated heterocycles. The van der Waals surface area contributed by atoms with Crippen LogP contribution in [0.3, 0.4) is 0 Å². The van der Waals surface area contributed by atoms with E-state index in [4.69, 9.17) is 17.0 Å². The van der Waals surface area contributed by atoms with Crippen LogP contribution in [0.15, 0.2) is 54.6 Å². The van der Waals surface area contributed by atoms with E-state index in [1.54, 1.807) is 12.0 Å². The van der Waals surface area contributed by atoms with Crippen LogP contribution in [0.1, 0.15) is 30.9 Å². The van der Waals surface area contributed by atoms with Crippen LogP contribution in [0, 0.1) is 0 Å². The topological polar surface area (TPSA) is 32.8 Å². The summed E-state index contributed by atoms with van der Waals surface area (Å²) in [5.74, 6) is 0.940. The van der Waals surface area contributed by atoms with Gasteiger partial charge in [0.2, 0.25) is 0 Å². The predicted octanol–water partition coefficient (Wildman–Crippen LogP) is 4.04. The first-order valence-electron chi connectivity index (χ1n) is 9.43. The summed E-state index contributed by atoms with van der Waals surface area (Å²) in [4.78, 5) is 17.0. The Hall–Kier alpha value is -2.40. The maximum absolute atomic E-state index is 13.1. The second-order valence-corrected chi connectivity index (χ2v) is 7.17. The molecule has 0 radical (unpaired) electrons. The van der Waals surface area contributed by atoms with Gasteiger partial charge in [0.1, 0.15) is 11.8 Å². The molecule has 2 aromatic carbocycles. The normalized spacial score (nSPS) is 16.9. The Morgan fingerprint density at radius 3 is 2.37 bits per heavy atom. The van der Waals surface area contributed by atoms with Crippen molar-refractivity contribution in [2.24, 2.45) is 0 Å². The maximum Gasteiger partial charge on any atom is 0.251 e. The number of methoxy groups -OCH3 is 1. The largest absolute Gasteiger partial charge is 0.497 e. The van der Waals surface area contributed by atoms with Crippen molar-refractivity contribution in [3.8, 4) is 5.75 Å². The summed E-state index contributed by atoms with van der Waals surface area (Å²) in [6.45, 7) is 3.44. The summed E-state index contributed by atoms with van der Waals surface area (Å²) in [5, 5.41) is 0.644. The number of benzene rings is 2. The molecule has 2 aromatic rings. The number of hydrogen-bond donors (Lipinski definition) is 0. The summed E-state index contributed by atoms with van der Waals surface area (Å²) >= 11 is 5.70. The van der Waals surface area contributed by atoms with Crippen molar-refractivity contribution >= 4 is 23.2 Å². The van der Waals surface area contributed by atoms with Gasteiger partial charge in [0.05, 0.1) is 7.11 Å². The van der Waals surface area contributed by atoms with Gasteiger partial charge >= 0.3 is 0 Å². The van der Waals surface area contributed by atoms with E-state index in [1.165, 1.54) is 0 Å². The van der Waals surface area contributed by atoms with Gasteiger partial charge in [0.25, 0.3) is 5.91 Å². The fraction of sp³-hybridized carbons (Fsp3) is 0.364. The molecule has 142 valence electrons. The zero-order chi connectivity index (χ0) is 19.2. The number of unbranched alkanes of at least 4 members (excludes halogenated alkanes) is 1. The minimum atomic E-state index is -0.251. The lowest BCUT2D eigenvalue weighted by molar-refractivity contribution is -0.128. The van der Waals surface area contributed by atoms with Gasteiger partial charge in [-0.3, -0.25) is 9.69 Å². The Morgan fingerprint density at radius 2 is 1.74 bits per heavy atom. The lowest BCUT2D eigenvalue weighted by Gasteiger charge is -2.24. The van der Waals surface area contributed by atoms with Gasteiger partial charge in [-0.15, -0.1) is 0 Å². The van der Waals surface area contributed by atoms with Crippen molar-refractivity contribution in [3.63, 3.8) is 0 Å². The molecule has 0 saturated carbocycles. The lowest BCUT2D eigenvalue weighted by Crippen LogP contribution is -2.36. The summed E-state index contributed by atoms with van der Waals surface area (Å²) in [6, 6.07) is 17.8. The van der Waals surface area contributed by atoms with E-state index in [1.807, 2.05) is 42.5 Å². The fourth-order valence-electron chi connectivity index (χ4n) is 3.36. The molecule has 1 aliphatic rings. The lowest BCUT2D eigenvalue weighted by atomic mass is 10.0. The molecule has 0 spiro atoms. The average Bonchev–Trinajstić information content (AvgIpc) is 2.91. The Kier molecular flexibility index (Phi) is 6.45. The third-order valence-electron chi connectivity index (χ3n) is 4.92. The molecule has 1 aliphatic heterocycles. The van der Waals surface area contributed by atoms with E-state index < -0.39 is 0 Å². The molecule has 0 N–H and O–H groups in total. The number of carbonyl (C=O) groups excluding carboxylic acids is 1. The molecule has 1 heterocycles. The van der Waals surface area contributed by atoms with Crippen molar-refractivity contribution < 1.29 is 9.53 Å². The zero-order valence-electron chi connectivity index (χ0n) is 15.9. The molecule has 1 amide bonds. The highest BCUT2D eigenvalue weighted by Gasteiger charge is 2.41. The minimum Gasteiger partial charge on any atom is -0.497 e. The smallest absolute Gasteiger partial charge is 0.251 e. The first-order chi connectivity index (χ1) is 13.1. The Labute approximate surface area is 166 Å². The highest BCUT2D eigenvalue weighted by Crippen LogP contribution is 2.25. The van der Waals surface area contributed by atoms with Crippen LogP contribution in [0.25, 0.3) is 0 Å². The fourth-order valence-corrected chi connectivity index (χ4v) is 3.73. The molecule has 0 bridgehead atoms. The first kappa shape index (κ1) is 19.4. The highest BCUT2D eigenvalue weighted by atomic mass is 32.1. The van der Waals surface area contributed by atoms with Crippen molar-refractivity contribution in [1.82, 2.24) is 9.80 Å². The molecule has 5 heteroatoms. The minimum absolute atomic E-state index is 0.116. The van der Waals surface area contributed by atoms with Gasteiger partial charge in [-0.05, 0) is 41.9 Å². The first-order valence-corrected chi connectivity index (χ1v) is 9.83. The predicted molar refractivity (Wildman–Crippen MR) is 112 cm³/mol. The molecule has 4 nitrogen and oxygen atoms in total. The van der Waals surface area contributed by atoms with Crippen molar-refractivity contribution in [2.75, 3.05) is 13.7 Å². The molecule has 1 atom stereocenters. The van der Waals surface area contributed by atoms with Gasteiger partial charge in [0.15, 0.2) is 5.11 Å². The summed E-state index contributed by atoms with van der Waals surface area (Å²) in [6.07, 6.45) is 2.66. The van der Waals surface area contributed by atoms with Crippen LogP contribution >= 0.6 is 12.2 Å². The SMILES string of the molecule is CCCCN1C(=O)[C@H](Cc2ccccc2)N(Cc2ccc(OC)cc2)C1=S. The number of amides is 1. The zero-order valence-corrected chi connectivity index (χ0v) is 16.7. The molecule has 0 aromatic heterocycles. The van der Waals surface area contributed by atoms with Gasteiger partial charge in [-0.2, -0.15) is 0 Å². The second kappa shape index (κ2) is 9.00. The highest BCUT2D eigenvalue weighted by molar-refractivity contribution is 7.80.